The second kappa shape index (κ2) is 10.4. The number of rotatable bonds is 10. The van der Waals surface area contributed by atoms with Crippen molar-refractivity contribution in [1.29, 1.82) is 0 Å². The van der Waals surface area contributed by atoms with E-state index >= 15 is 0 Å². The molecule has 0 saturated carbocycles. The molecule has 31 heavy (non-hydrogen) atoms. The Morgan fingerprint density at radius 2 is 1.81 bits per heavy atom. The molecule has 0 aliphatic carbocycles. The minimum Gasteiger partial charge on any atom is -0.493 e. The average molecular weight is 444 g/mol. The molecule has 164 valence electrons. The van der Waals surface area contributed by atoms with E-state index in [2.05, 4.69) is 4.98 Å². The van der Waals surface area contributed by atoms with Gasteiger partial charge in [-0.3, -0.25) is 4.79 Å². The molecule has 3 N–H and O–H groups in total. The summed E-state index contributed by atoms with van der Waals surface area (Å²) in [5.41, 5.74) is 2.15. The van der Waals surface area contributed by atoms with Crippen molar-refractivity contribution in [1.82, 2.24) is 4.98 Å². The van der Waals surface area contributed by atoms with Gasteiger partial charge in [0.1, 0.15) is 0 Å². The zero-order valence-corrected chi connectivity index (χ0v) is 18.4. The smallest absolute Gasteiger partial charge is 0.203 e. The van der Waals surface area contributed by atoms with E-state index in [1.807, 2.05) is 30.5 Å². The van der Waals surface area contributed by atoms with Gasteiger partial charge in [-0.05, 0) is 24.3 Å². The van der Waals surface area contributed by atoms with Crippen LogP contribution in [0.4, 0.5) is 0 Å². The Morgan fingerprint density at radius 1 is 1.13 bits per heavy atom. The first-order valence-electron chi connectivity index (χ1n) is 9.56. The number of Topliss-reactive ketones (excluding diaryl/α,β-unsaturated/α-hetero) is 1. The Labute approximate surface area is 184 Å². The minimum absolute atomic E-state index is 0.168. The second-order valence-corrected chi connectivity index (χ2v) is 7.75. The Kier molecular flexibility index (Phi) is 7.62. The standard InChI is InChI=1S/C23H25NO6S/c1-28-19-8-14(9-20(29-2)23(19)30-3)22(27)21(31-13-16(26)12-25)10-15-11-24-18-7-5-4-6-17(15)18/h4-11,16,24-26H,12-13H2,1-3H3. The normalized spacial score (nSPS) is 12.6. The molecule has 1 aromatic heterocycles. The van der Waals surface area contributed by atoms with E-state index in [0.717, 1.165) is 16.5 Å². The predicted octanol–water partition coefficient (Wildman–Crippen LogP) is 3.50. The molecule has 1 atom stereocenters. The fraction of sp³-hybridized carbons (Fsp3) is 0.261. The summed E-state index contributed by atoms with van der Waals surface area (Å²) in [6.45, 7) is -0.383. The van der Waals surface area contributed by atoms with Crippen LogP contribution in [0.3, 0.4) is 0 Å². The molecule has 3 aromatic rings. The number of ketones is 1. The summed E-state index contributed by atoms with van der Waals surface area (Å²) in [6.07, 6.45) is 2.67. The molecule has 0 radical (unpaired) electrons. The van der Waals surface area contributed by atoms with Crippen LogP contribution in [0.15, 0.2) is 47.5 Å². The summed E-state index contributed by atoms with van der Waals surface area (Å²) in [6, 6.07) is 11.0. The Morgan fingerprint density at radius 3 is 2.42 bits per heavy atom. The number of carbonyl (C=O) groups is 1. The van der Waals surface area contributed by atoms with Crippen LogP contribution in [-0.2, 0) is 0 Å². The van der Waals surface area contributed by atoms with Gasteiger partial charge < -0.3 is 29.4 Å². The third-order valence-corrected chi connectivity index (χ3v) is 5.87. The lowest BCUT2D eigenvalue weighted by Crippen LogP contribution is -2.16. The summed E-state index contributed by atoms with van der Waals surface area (Å²) in [5, 5.41) is 20.0. The number of thioether (sulfide) groups is 1. The van der Waals surface area contributed by atoms with Crippen molar-refractivity contribution >= 4 is 34.5 Å². The van der Waals surface area contributed by atoms with Gasteiger partial charge in [-0.15, -0.1) is 11.8 Å². The SMILES string of the molecule is COc1cc(C(=O)C(=Cc2c[nH]c3ccccc23)SCC(O)CO)cc(OC)c1OC. The minimum atomic E-state index is -0.941. The molecule has 1 unspecified atom stereocenters. The molecule has 0 bridgehead atoms. The molecule has 0 aliphatic rings. The van der Waals surface area contributed by atoms with E-state index in [1.54, 1.807) is 18.2 Å². The summed E-state index contributed by atoms with van der Waals surface area (Å²) in [5.74, 6) is 1.04. The second-order valence-electron chi connectivity index (χ2n) is 6.69. The Hall–Kier alpha value is -2.94. The van der Waals surface area contributed by atoms with Crippen molar-refractivity contribution in [2.75, 3.05) is 33.7 Å². The number of nitrogens with one attached hydrogen (secondary N) is 1. The number of H-pyrrole nitrogens is 1. The Bertz CT molecular complexity index is 1070. The number of aromatic nitrogens is 1. The third-order valence-electron chi connectivity index (χ3n) is 4.70. The van der Waals surface area contributed by atoms with Crippen molar-refractivity contribution in [3.05, 3.63) is 58.6 Å². The van der Waals surface area contributed by atoms with Crippen molar-refractivity contribution in [2.24, 2.45) is 0 Å². The van der Waals surface area contributed by atoms with Crippen LogP contribution in [0.2, 0.25) is 0 Å². The van der Waals surface area contributed by atoms with Gasteiger partial charge in [-0.1, -0.05) is 18.2 Å². The maximum atomic E-state index is 13.4. The van der Waals surface area contributed by atoms with Gasteiger partial charge in [-0.2, -0.15) is 0 Å². The Balaban J connectivity index is 2.06. The molecule has 0 spiro atoms. The van der Waals surface area contributed by atoms with E-state index < -0.39 is 6.10 Å². The number of methoxy groups -OCH3 is 3. The molecule has 2 aromatic carbocycles. The van der Waals surface area contributed by atoms with Crippen LogP contribution in [0.1, 0.15) is 15.9 Å². The highest BCUT2D eigenvalue weighted by Crippen LogP contribution is 2.39. The van der Waals surface area contributed by atoms with Gasteiger partial charge in [0.25, 0.3) is 0 Å². The molecule has 0 fully saturated rings. The number of aliphatic hydroxyl groups is 2. The van der Waals surface area contributed by atoms with Crippen LogP contribution in [-0.4, -0.2) is 60.8 Å². The summed E-state index contributed by atoms with van der Waals surface area (Å²) >= 11 is 1.18. The molecular formula is C23H25NO6S. The van der Waals surface area contributed by atoms with E-state index in [9.17, 15) is 15.0 Å². The van der Waals surface area contributed by atoms with Gasteiger partial charge in [0, 0.05) is 34.0 Å². The van der Waals surface area contributed by atoms with Crippen molar-refractivity contribution in [2.45, 2.75) is 6.10 Å². The van der Waals surface area contributed by atoms with Crippen LogP contribution in [0.5, 0.6) is 17.2 Å². The molecule has 1 heterocycles. The van der Waals surface area contributed by atoms with Crippen LogP contribution in [0, 0.1) is 0 Å². The maximum Gasteiger partial charge on any atom is 0.203 e. The number of fused-ring (bicyclic) bond motifs is 1. The number of para-hydroxylation sites is 1. The first kappa shape index (κ1) is 22.7. The summed E-state index contributed by atoms with van der Waals surface area (Å²) in [4.78, 5) is 17.0. The molecule has 0 saturated heterocycles. The lowest BCUT2D eigenvalue weighted by Gasteiger charge is -2.15. The van der Waals surface area contributed by atoms with Gasteiger partial charge in [-0.25, -0.2) is 0 Å². The van der Waals surface area contributed by atoms with E-state index in [4.69, 9.17) is 14.2 Å². The van der Waals surface area contributed by atoms with E-state index in [0.29, 0.717) is 27.7 Å². The van der Waals surface area contributed by atoms with Crippen LogP contribution in [0.25, 0.3) is 17.0 Å². The monoisotopic (exact) mass is 443 g/mol. The van der Waals surface area contributed by atoms with E-state index in [1.165, 1.54) is 33.1 Å². The zero-order chi connectivity index (χ0) is 22.4. The number of benzene rings is 2. The number of aliphatic hydroxyl groups excluding tert-OH is 2. The summed E-state index contributed by atoms with van der Waals surface area (Å²) in [7, 11) is 4.47. The fourth-order valence-corrected chi connectivity index (χ4v) is 4.06. The van der Waals surface area contributed by atoms with Crippen molar-refractivity contribution < 1.29 is 29.2 Å². The highest BCUT2D eigenvalue weighted by atomic mass is 32.2. The van der Waals surface area contributed by atoms with Crippen molar-refractivity contribution in [3.63, 3.8) is 0 Å². The van der Waals surface area contributed by atoms with Gasteiger partial charge in [0.2, 0.25) is 5.75 Å². The van der Waals surface area contributed by atoms with Crippen molar-refractivity contribution in [3.8, 4) is 17.2 Å². The molecular weight excluding hydrogens is 418 g/mol. The lowest BCUT2D eigenvalue weighted by atomic mass is 10.1. The fourth-order valence-electron chi connectivity index (χ4n) is 3.12. The number of aromatic amines is 1. The lowest BCUT2D eigenvalue weighted by molar-refractivity contribution is 0.104. The number of ether oxygens (including phenoxy) is 3. The molecule has 0 amide bonds. The van der Waals surface area contributed by atoms with Gasteiger partial charge >= 0.3 is 0 Å². The third kappa shape index (κ3) is 5.04. The first-order chi connectivity index (χ1) is 15.0. The molecule has 0 aliphatic heterocycles. The maximum absolute atomic E-state index is 13.4. The highest BCUT2D eigenvalue weighted by molar-refractivity contribution is 8.04. The largest absolute Gasteiger partial charge is 0.493 e. The van der Waals surface area contributed by atoms with Gasteiger partial charge in [0.15, 0.2) is 17.3 Å². The summed E-state index contributed by atoms with van der Waals surface area (Å²) < 4.78 is 16.1. The number of allylic oxidation sites excluding steroid dienone is 1. The number of hydrogen-bond donors (Lipinski definition) is 3. The van der Waals surface area contributed by atoms with Gasteiger partial charge in [0.05, 0.1) is 38.9 Å². The van der Waals surface area contributed by atoms with Crippen LogP contribution < -0.4 is 14.2 Å². The zero-order valence-electron chi connectivity index (χ0n) is 17.5. The first-order valence-corrected chi connectivity index (χ1v) is 10.5. The molecule has 8 heteroatoms. The highest BCUT2D eigenvalue weighted by Gasteiger charge is 2.21. The van der Waals surface area contributed by atoms with E-state index in [-0.39, 0.29) is 18.1 Å². The quantitative estimate of drug-likeness (QED) is 0.326. The number of hydrogen-bond acceptors (Lipinski definition) is 7. The van der Waals surface area contributed by atoms with Crippen LogP contribution >= 0.6 is 11.8 Å². The average Bonchev–Trinajstić information content (AvgIpc) is 3.22. The predicted molar refractivity (Wildman–Crippen MR) is 122 cm³/mol. The molecule has 3 rings (SSSR count). The number of carbonyl (C=O) groups excluding carboxylic acids is 1. The molecule has 7 nitrogen and oxygen atoms in total. The topological polar surface area (TPSA) is 101 Å².